The lowest BCUT2D eigenvalue weighted by atomic mass is 10.3. The Kier molecular flexibility index (Phi) is 4.46. The molecule has 6 nitrogen and oxygen atoms in total. The number of rotatable bonds is 5. The van der Waals surface area contributed by atoms with E-state index in [0.29, 0.717) is 16.5 Å². The normalized spacial score (nSPS) is 11.2. The molecule has 1 aromatic heterocycles. The van der Waals surface area contributed by atoms with Crippen molar-refractivity contribution in [2.24, 2.45) is 0 Å². The van der Waals surface area contributed by atoms with Gasteiger partial charge in [-0.1, -0.05) is 11.6 Å². The van der Waals surface area contributed by atoms with E-state index in [9.17, 15) is 8.42 Å². The highest BCUT2D eigenvalue weighted by Gasteiger charge is 2.14. The summed E-state index contributed by atoms with van der Waals surface area (Å²) in [5, 5.41) is 4.62. The van der Waals surface area contributed by atoms with Gasteiger partial charge in [0.25, 0.3) is 10.0 Å². The van der Waals surface area contributed by atoms with Gasteiger partial charge in [-0.2, -0.15) is 5.10 Å². The first kappa shape index (κ1) is 16.4. The molecular formula is C16H14ClN3O3S. The van der Waals surface area contributed by atoms with Gasteiger partial charge in [-0.25, -0.2) is 13.1 Å². The number of nitrogens with zero attached hydrogens (tertiary/aromatic N) is 2. The van der Waals surface area contributed by atoms with Crippen molar-refractivity contribution in [3.8, 4) is 11.4 Å². The fourth-order valence-electron chi connectivity index (χ4n) is 2.09. The number of sulfonamides is 1. The molecule has 0 atom stereocenters. The molecule has 0 aliphatic carbocycles. The molecule has 124 valence electrons. The molecular weight excluding hydrogens is 350 g/mol. The minimum absolute atomic E-state index is 0.159. The van der Waals surface area contributed by atoms with Crippen molar-refractivity contribution in [3.63, 3.8) is 0 Å². The largest absolute Gasteiger partial charge is 0.497 e. The molecule has 0 aliphatic heterocycles. The fourth-order valence-corrected chi connectivity index (χ4v) is 3.29. The Bertz CT molecular complexity index is 935. The van der Waals surface area contributed by atoms with Gasteiger partial charge in [0, 0.05) is 11.9 Å². The Balaban J connectivity index is 1.79. The van der Waals surface area contributed by atoms with E-state index in [1.807, 2.05) is 0 Å². The summed E-state index contributed by atoms with van der Waals surface area (Å²) in [5.41, 5.74) is 1.22. The first-order chi connectivity index (χ1) is 11.5. The second kappa shape index (κ2) is 6.54. The highest BCUT2D eigenvalue weighted by molar-refractivity contribution is 7.92. The first-order valence-electron chi connectivity index (χ1n) is 6.95. The van der Waals surface area contributed by atoms with E-state index in [1.54, 1.807) is 47.3 Å². The molecule has 3 rings (SSSR count). The smallest absolute Gasteiger partial charge is 0.261 e. The molecule has 24 heavy (non-hydrogen) atoms. The van der Waals surface area contributed by atoms with Crippen LogP contribution in [0.2, 0.25) is 5.02 Å². The molecule has 0 unspecified atom stereocenters. The zero-order valence-corrected chi connectivity index (χ0v) is 14.3. The monoisotopic (exact) mass is 363 g/mol. The van der Waals surface area contributed by atoms with Crippen LogP contribution < -0.4 is 9.46 Å². The summed E-state index contributed by atoms with van der Waals surface area (Å²) in [6.45, 7) is 0. The topological polar surface area (TPSA) is 73.2 Å². The van der Waals surface area contributed by atoms with Crippen LogP contribution in [0.4, 0.5) is 5.69 Å². The lowest BCUT2D eigenvalue weighted by molar-refractivity contribution is 0.414. The molecule has 0 radical (unpaired) electrons. The van der Waals surface area contributed by atoms with Crippen molar-refractivity contribution in [3.05, 3.63) is 65.9 Å². The minimum Gasteiger partial charge on any atom is -0.497 e. The summed E-state index contributed by atoms with van der Waals surface area (Å²) in [7, 11) is -2.14. The van der Waals surface area contributed by atoms with Gasteiger partial charge >= 0.3 is 0 Å². The molecule has 0 amide bonds. The average Bonchev–Trinajstić information content (AvgIpc) is 3.02. The van der Waals surface area contributed by atoms with Crippen LogP contribution in [-0.4, -0.2) is 25.3 Å². The maximum Gasteiger partial charge on any atom is 0.261 e. The molecule has 1 heterocycles. The van der Waals surface area contributed by atoms with E-state index in [0.717, 1.165) is 5.69 Å². The van der Waals surface area contributed by atoms with Gasteiger partial charge in [-0.15, -0.1) is 0 Å². The van der Waals surface area contributed by atoms with E-state index in [-0.39, 0.29) is 4.90 Å². The van der Waals surface area contributed by atoms with Gasteiger partial charge in [0.2, 0.25) is 0 Å². The van der Waals surface area contributed by atoms with Crippen molar-refractivity contribution < 1.29 is 13.2 Å². The van der Waals surface area contributed by atoms with Gasteiger partial charge < -0.3 is 4.74 Å². The molecule has 0 aliphatic rings. The minimum atomic E-state index is -3.66. The summed E-state index contributed by atoms with van der Waals surface area (Å²) in [6.07, 6.45) is 3.19. The van der Waals surface area contributed by atoms with Gasteiger partial charge in [-0.05, 0) is 48.5 Å². The Morgan fingerprint density at radius 1 is 1.08 bits per heavy atom. The van der Waals surface area contributed by atoms with E-state index in [4.69, 9.17) is 16.3 Å². The Morgan fingerprint density at radius 2 is 1.75 bits per heavy atom. The van der Waals surface area contributed by atoms with Crippen LogP contribution in [0.15, 0.2) is 65.8 Å². The van der Waals surface area contributed by atoms with E-state index >= 15 is 0 Å². The number of nitrogens with one attached hydrogen (secondary N) is 1. The van der Waals surface area contributed by atoms with Crippen LogP contribution in [0, 0.1) is 0 Å². The van der Waals surface area contributed by atoms with Crippen molar-refractivity contribution in [2.75, 3.05) is 11.8 Å². The van der Waals surface area contributed by atoms with E-state index in [1.165, 1.54) is 25.4 Å². The Labute approximate surface area is 144 Å². The molecule has 0 bridgehead atoms. The summed E-state index contributed by atoms with van der Waals surface area (Å²) in [6, 6.07) is 13.0. The second-order valence-corrected chi connectivity index (χ2v) is 7.05. The molecule has 1 N–H and O–H groups in total. The Hall–Kier alpha value is -2.51. The highest BCUT2D eigenvalue weighted by atomic mass is 35.5. The molecule has 2 aromatic carbocycles. The number of halogens is 1. The lowest BCUT2D eigenvalue weighted by Crippen LogP contribution is -2.12. The number of aromatic nitrogens is 2. The summed E-state index contributed by atoms with van der Waals surface area (Å²) >= 11 is 5.83. The van der Waals surface area contributed by atoms with E-state index in [2.05, 4.69) is 9.82 Å². The quantitative estimate of drug-likeness (QED) is 0.754. The molecule has 0 saturated carbocycles. The van der Waals surface area contributed by atoms with Crippen molar-refractivity contribution in [2.45, 2.75) is 4.90 Å². The number of anilines is 1. The zero-order valence-electron chi connectivity index (χ0n) is 12.7. The summed E-state index contributed by atoms with van der Waals surface area (Å²) < 4.78 is 33.9. The van der Waals surface area contributed by atoms with Crippen molar-refractivity contribution in [1.29, 1.82) is 0 Å². The van der Waals surface area contributed by atoms with Crippen LogP contribution >= 0.6 is 11.6 Å². The van der Waals surface area contributed by atoms with Gasteiger partial charge in [0.05, 0.1) is 28.9 Å². The highest BCUT2D eigenvalue weighted by Crippen LogP contribution is 2.20. The predicted octanol–water partition coefficient (Wildman–Crippen LogP) is 3.34. The zero-order chi connectivity index (χ0) is 17.2. The molecule has 0 saturated heterocycles. The standard InChI is InChI=1S/C16H14ClN3O3S/c1-23-15-6-8-16(9-7-15)24(21,22)19-13-2-4-14(5-3-13)20-11-12(17)10-18-20/h2-11,19H,1H3. The second-order valence-electron chi connectivity index (χ2n) is 4.93. The number of methoxy groups -OCH3 is 1. The SMILES string of the molecule is COc1ccc(S(=O)(=O)Nc2ccc(-n3cc(Cl)cn3)cc2)cc1. The molecule has 3 aromatic rings. The van der Waals surface area contributed by atoms with Crippen LogP contribution in [0.5, 0.6) is 5.75 Å². The van der Waals surface area contributed by atoms with Crippen LogP contribution in [0.25, 0.3) is 5.69 Å². The Morgan fingerprint density at radius 3 is 2.29 bits per heavy atom. The molecule has 0 spiro atoms. The molecule has 0 fully saturated rings. The van der Waals surface area contributed by atoms with Gasteiger partial charge in [0.1, 0.15) is 5.75 Å². The van der Waals surface area contributed by atoms with Gasteiger partial charge in [-0.3, -0.25) is 4.72 Å². The third kappa shape index (κ3) is 3.52. The first-order valence-corrected chi connectivity index (χ1v) is 8.81. The third-order valence-electron chi connectivity index (χ3n) is 3.30. The third-order valence-corrected chi connectivity index (χ3v) is 4.90. The number of ether oxygens (including phenoxy) is 1. The number of benzene rings is 2. The summed E-state index contributed by atoms with van der Waals surface area (Å²) in [4.78, 5) is 0.159. The van der Waals surface area contributed by atoms with Crippen LogP contribution in [0.3, 0.4) is 0 Å². The van der Waals surface area contributed by atoms with Crippen LogP contribution in [0.1, 0.15) is 0 Å². The summed E-state index contributed by atoms with van der Waals surface area (Å²) in [5.74, 6) is 0.594. The van der Waals surface area contributed by atoms with Crippen molar-refractivity contribution >= 4 is 27.3 Å². The lowest BCUT2D eigenvalue weighted by Gasteiger charge is -2.09. The predicted molar refractivity (Wildman–Crippen MR) is 92.4 cm³/mol. The van der Waals surface area contributed by atoms with Gasteiger partial charge in [0.15, 0.2) is 0 Å². The number of hydrogen-bond donors (Lipinski definition) is 1. The maximum absolute atomic E-state index is 12.4. The van der Waals surface area contributed by atoms with Crippen molar-refractivity contribution in [1.82, 2.24) is 9.78 Å². The average molecular weight is 364 g/mol. The molecule has 8 heteroatoms. The van der Waals surface area contributed by atoms with Crippen LogP contribution in [-0.2, 0) is 10.0 Å². The fraction of sp³-hybridized carbons (Fsp3) is 0.0625. The van der Waals surface area contributed by atoms with E-state index < -0.39 is 10.0 Å². The maximum atomic E-state index is 12.4. The number of hydrogen-bond acceptors (Lipinski definition) is 4.